The summed E-state index contributed by atoms with van der Waals surface area (Å²) < 4.78 is 0. The third kappa shape index (κ3) is 2.51. The summed E-state index contributed by atoms with van der Waals surface area (Å²) in [5, 5.41) is 0. The van der Waals surface area contributed by atoms with Crippen molar-refractivity contribution in [3.63, 3.8) is 0 Å². The molecule has 2 heterocycles. The maximum Gasteiger partial charge on any atom is 0.161 e. The van der Waals surface area contributed by atoms with Crippen LogP contribution < -0.4 is 4.90 Å². The zero-order chi connectivity index (χ0) is 13.3. The summed E-state index contributed by atoms with van der Waals surface area (Å²) in [5.74, 6) is 1.11. The van der Waals surface area contributed by atoms with E-state index in [-0.39, 0.29) is 5.78 Å². The molecule has 1 aliphatic heterocycles. The van der Waals surface area contributed by atoms with E-state index in [2.05, 4.69) is 9.88 Å². The Kier molecular flexibility index (Phi) is 3.29. The standard InChI is InChI=1S/C16H22N2O/c1-13(19)14-4-5-15(17-12-14)18-10-8-16(9-11-18)6-2-3-7-16/h4-5,12H,2-3,6-11H2,1H3. The van der Waals surface area contributed by atoms with Gasteiger partial charge < -0.3 is 4.90 Å². The number of Topliss-reactive ketones (excluding diaryl/α,β-unsaturated/α-hetero) is 1. The molecule has 0 amide bonds. The lowest BCUT2D eigenvalue weighted by Gasteiger charge is -2.40. The van der Waals surface area contributed by atoms with Crippen LogP contribution in [0.4, 0.5) is 5.82 Å². The number of carbonyl (C=O) groups is 1. The first-order valence-electron chi connectivity index (χ1n) is 7.41. The highest BCUT2D eigenvalue weighted by atomic mass is 16.1. The topological polar surface area (TPSA) is 33.2 Å². The van der Waals surface area contributed by atoms with Crippen molar-refractivity contribution in [2.45, 2.75) is 45.4 Å². The van der Waals surface area contributed by atoms with Gasteiger partial charge in [-0.25, -0.2) is 4.98 Å². The molecule has 0 aromatic carbocycles. The van der Waals surface area contributed by atoms with Crippen LogP contribution in [0.5, 0.6) is 0 Å². The minimum atomic E-state index is 0.0857. The van der Waals surface area contributed by atoms with Crippen LogP contribution in [-0.2, 0) is 0 Å². The second kappa shape index (κ2) is 4.95. The molecule has 0 unspecified atom stereocenters. The largest absolute Gasteiger partial charge is 0.357 e. The predicted octanol–water partition coefficient (Wildman–Crippen LogP) is 3.44. The Hall–Kier alpha value is -1.38. The van der Waals surface area contributed by atoms with E-state index in [0.717, 1.165) is 18.9 Å². The lowest BCUT2D eigenvalue weighted by Crippen LogP contribution is -2.39. The molecule has 1 spiro atoms. The summed E-state index contributed by atoms with van der Waals surface area (Å²) in [6, 6.07) is 3.88. The van der Waals surface area contributed by atoms with Gasteiger partial charge in [-0.1, -0.05) is 12.8 Å². The van der Waals surface area contributed by atoms with Crippen molar-refractivity contribution in [3.05, 3.63) is 23.9 Å². The van der Waals surface area contributed by atoms with E-state index in [1.165, 1.54) is 38.5 Å². The van der Waals surface area contributed by atoms with Crippen LogP contribution in [-0.4, -0.2) is 23.9 Å². The Morgan fingerprint density at radius 3 is 2.37 bits per heavy atom. The zero-order valence-corrected chi connectivity index (χ0v) is 11.7. The van der Waals surface area contributed by atoms with Gasteiger partial charge >= 0.3 is 0 Å². The van der Waals surface area contributed by atoms with Gasteiger partial charge in [-0.05, 0) is 50.2 Å². The van der Waals surface area contributed by atoms with E-state index in [9.17, 15) is 4.79 Å². The van der Waals surface area contributed by atoms with E-state index in [1.807, 2.05) is 12.1 Å². The van der Waals surface area contributed by atoms with Crippen LogP contribution in [0.1, 0.15) is 55.8 Å². The average Bonchev–Trinajstić information content (AvgIpc) is 2.88. The minimum Gasteiger partial charge on any atom is -0.357 e. The Morgan fingerprint density at radius 1 is 1.16 bits per heavy atom. The molecule has 3 nitrogen and oxygen atoms in total. The van der Waals surface area contributed by atoms with Crippen LogP contribution in [0.15, 0.2) is 18.3 Å². The van der Waals surface area contributed by atoms with Crippen molar-refractivity contribution < 1.29 is 4.79 Å². The SMILES string of the molecule is CC(=O)c1ccc(N2CCC3(CCCC3)CC2)nc1. The Morgan fingerprint density at radius 2 is 1.84 bits per heavy atom. The third-order valence-electron chi connectivity index (χ3n) is 4.97. The number of hydrogen-bond acceptors (Lipinski definition) is 3. The van der Waals surface area contributed by atoms with Crippen LogP contribution in [0.3, 0.4) is 0 Å². The molecule has 19 heavy (non-hydrogen) atoms. The molecule has 3 heteroatoms. The van der Waals surface area contributed by atoms with Gasteiger partial charge in [0.05, 0.1) is 0 Å². The molecule has 0 N–H and O–H groups in total. The molecule has 1 saturated carbocycles. The second-order valence-electron chi connectivity index (χ2n) is 6.16. The number of rotatable bonds is 2. The van der Waals surface area contributed by atoms with E-state index >= 15 is 0 Å². The number of carbonyl (C=O) groups excluding carboxylic acids is 1. The number of nitrogens with zero attached hydrogens (tertiary/aromatic N) is 2. The monoisotopic (exact) mass is 258 g/mol. The number of hydrogen-bond donors (Lipinski definition) is 0. The fraction of sp³-hybridized carbons (Fsp3) is 0.625. The Bertz CT molecular complexity index is 450. The number of ketones is 1. The van der Waals surface area contributed by atoms with Crippen molar-refractivity contribution in [2.75, 3.05) is 18.0 Å². The second-order valence-corrected chi connectivity index (χ2v) is 6.16. The highest BCUT2D eigenvalue weighted by Gasteiger charge is 2.37. The lowest BCUT2D eigenvalue weighted by molar-refractivity contribution is 0.101. The first-order chi connectivity index (χ1) is 9.19. The summed E-state index contributed by atoms with van der Waals surface area (Å²) in [7, 11) is 0. The molecule has 1 aromatic heterocycles. The van der Waals surface area contributed by atoms with Gasteiger partial charge in [-0.3, -0.25) is 4.79 Å². The maximum atomic E-state index is 11.2. The minimum absolute atomic E-state index is 0.0857. The van der Waals surface area contributed by atoms with Crippen LogP contribution in [0.2, 0.25) is 0 Å². The van der Waals surface area contributed by atoms with E-state index in [0.29, 0.717) is 11.0 Å². The number of aromatic nitrogens is 1. The molecule has 0 radical (unpaired) electrons. The summed E-state index contributed by atoms with van der Waals surface area (Å²) in [4.78, 5) is 18.1. The fourth-order valence-corrected chi connectivity index (χ4v) is 3.62. The van der Waals surface area contributed by atoms with Crippen molar-refractivity contribution in [2.24, 2.45) is 5.41 Å². The van der Waals surface area contributed by atoms with Crippen molar-refractivity contribution >= 4 is 11.6 Å². The fourth-order valence-electron chi connectivity index (χ4n) is 3.62. The molecule has 3 rings (SSSR count). The first kappa shape index (κ1) is 12.6. The Labute approximate surface area is 115 Å². The number of pyridine rings is 1. The molecule has 1 aromatic rings. The van der Waals surface area contributed by atoms with Crippen LogP contribution in [0, 0.1) is 5.41 Å². The summed E-state index contributed by atoms with van der Waals surface area (Å²) in [6.07, 6.45) is 10.0. The van der Waals surface area contributed by atoms with Crippen LogP contribution in [0.25, 0.3) is 0 Å². The van der Waals surface area contributed by atoms with Crippen molar-refractivity contribution in [1.29, 1.82) is 0 Å². The smallest absolute Gasteiger partial charge is 0.161 e. The lowest BCUT2D eigenvalue weighted by atomic mass is 9.77. The van der Waals surface area contributed by atoms with Crippen molar-refractivity contribution in [3.8, 4) is 0 Å². The van der Waals surface area contributed by atoms with Gasteiger partial charge in [0.15, 0.2) is 5.78 Å². The third-order valence-corrected chi connectivity index (χ3v) is 4.97. The molecular weight excluding hydrogens is 236 g/mol. The molecule has 0 bridgehead atoms. The quantitative estimate of drug-likeness (QED) is 0.762. The number of anilines is 1. The van der Waals surface area contributed by atoms with Gasteiger partial charge in [0.1, 0.15) is 5.82 Å². The Balaban J connectivity index is 1.66. The van der Waals surface area contributed by atoms with E-state index in [1.54, 1.807) is 13.1 Å². The molecule has 2 fully saturated rings. The molecule has 1 saturated heterocycles. The van der Waals surface area contributed by atoms with E-state index < -0.39 is 0 Å². The molecule has 0 atom stereocenters. The van der Waals surface area contributed by atoms with Gasteiger partial charge in [0.2, 0.25) is 0 Å². The molecule has 2 aliphatic rings. The zero-order valence-electron chi connectivity index (χ0n) is 11.7. The van der Waals surface area contributed by atoms with Gasteiger partial charge in [-0.2, -0.15) is 0 Å². The average molecular weight is 258 g/mol. The molecular formula is C16H22N2O. The van der Waals surface area contributed by atoms with Crippen molar-refractivity contribution in [1.82, 2.24) is 4.98 Å². The van der Waals surface area contributed by atoms with Crippen LogP contribution >= 0.6 is 0 Å². The summed E-state index contributed by atoms with van der Waals surface area (Å²) >= 11 is 0. The van der Waals surface area contributed by atoms with Gasteiger partial charge in [0.25, 0.3) is 0 Å². The normalized spacial score (nSPS) is 21.8. The predicted molar refractivity (Wildman–Crippen MR) is 76.6 cm³/mol. The van der Waals surface area contributed by atoms with Gasteiger partial charge in [-0.15, -0.1) is 0 Å². The van der Waals surface area contributed by atoms with E-state index in [4.69, 9.17) is 0 Å². The maximum absolute atomic E-state index is 11.2. The number of piperidine rings is 1. The summed E-state index contributed by atoms with van der Waals surface area (Å²) in [5.41, 5.74) is 1.35. The summed E-state index contributed by atoms with van der Waals surface area (Å²) in [6.45, 7) is 3.82. The highest BCUT2D eigenvalue weighted by molar-refractivity contribution is 5.93. The molecule has 1 aliphatic carbocycles. The first-order valence-corrected chi connectivity index (χ1v) is 7.41. The highest BCUT2D eigenvalue weighted by Crippen LogP contribution is 2.46. The van der Waals surface area contributed by atoms with Gasteiger partial charge in [0, 0.05) is 24.8 Å². The molecule has 102 valence electrons.